The fourth-order valence-electron chi connectivity index (χ4n) is 5.49. The summed E-state index contributed by atoms with van der Waals surface area (Å²) in [5.74, 6) is -1.52. The molecule has 1 aromatic carbocycles. The van der Waals surface area contributed by atoms with Gasteiger partial charge in [-0.25, -0.2) is 26.2 Å². The molecule has 0 saturated carbocycles. The van der Waals surface area contributed by atoms with Gasteiger partial charge in [0.25, 0.3) is 0 Å². The Hall–Kier alpha value is -2.34. The molecule has 0 unspecified atom stereocenters. The molecule has 0 amide bonds. The highest BCUT2D eigenvalue weighted by Gasteiger charge is 2.47. The molecule has 2 saturated heterocycles. The molecular weight excluding hydrogens is 632 g/mol. The summed E-state index contributed by atoms with van der Waals surface area (Å²) in [6.07, 6.45) is 0.197. The quantitative estimate of drug-likeness (QED) is 0.343. The van der Waals surface area contributed by atoms with Gasteiger partial charge in [-0.2, -0.15) is 0 Å². The Balaban J connectivity index is 1.35. The van der Waals surface area contributed by atoms with E-state index in [4.69, 9.17) is 14.0 Å². The van der Waals surface area contributed by atoms with Crippen molar-refractivity contribution in [1.29, 1.82) is 0 Å². The molecule has 2 fully saturated rings. The van der Waals surface area contributed by atoms with E-state index >= 15 is 0 Å². The molecule has 2 aliphatic heterocycles. The third kappa shape index (κ3) is 6.09. The number of hydrogen-bond acceptors (Lipinski definition) is 10. The summed E-state index contributed by atoms with van der Waals surface area (Å²) in [5.41, 5.74) is 0.485. The molecule has 0 spiro atoms. The minimum Gasteiger partial charge on any atom is -0.394 e. The number of piperidine rings is 1. The van der Waals surface area contributed by atoms with Crippen molar-refractivity contribution < 1.29 is 41.4 Å². The number of aliphatic hydroxyl groups is 2. The zero-order valence-corrected chi connectivity index (χ0v) is 24.6. The van der Waals surface area contributed by atoms with Crippen molar-refractivity contribution in [3.8, 4) is 11.3 Å². The van der Waals surface area contributed by atoms with E-state index in [-0.39, 0.29) is 28.1 Å². The average Bonchev–Trinajstić information content (AvgIpc) is 3.62. The van der Waals surface area contributed by atoms with E-state index in [0.717, 1.165) is 0 Å². The molecule has 4 heterocycles. The van der Waals surface area contributed by atoms with Crippen LogP contribution in [0.1, 0.15) is 36.3 Å². The van der Waals surface area contributed by atoms with Gasteiger partial charge in [-0.05, 0) is 40.9 Å². The lowest BCUT2D eigenvalue weighted by molar-refractivity contribution is -0.212. The second kappa shape index (κ2) is 12.1. The molecule has 224 valence electrons. The maximum absolute atomic E-state index is 14.6. The first-order valence-corrected chi connectivity index (χ1v) is 15.6. The Labute approximate surface area is 243 Å². The van der Waals surface area contributed by atoms with Gasteiger partial charge in [-0.3, -0.25) is 0 Å². The van der Waals surface area contributed by atoms with Crippen LogP contribution in [0.15, 0.2) is 33.4 Å². The first-order chi connectivity index (χ1) is 19.5. The minimum absolute atomic E-state index is 0.0110. The van der Waals surface area contributed by atoms with Crippen LogP contribution in [0.5, 0.6) is 0 Å². The van der Waals surface area contributed by atoms with Crippen molar-refractivity contribution in [2.75, 3.05) is 33.1 Å². The van der Waals surface area contributed by atoms with Crippen LogP contribution < -0.4 is 0 Å². The monoisotopic (exact) mass is 661 g/mol. The number of ether oxygens (including phenoxy) is 2. The Morgan fingerprint density at radius 3 is 2.59 bits per heavy atom. The molecule has 41 heavy (non-hydrogen) atoms. The molecule has 0 radical (unpaired) electrons. The largest absolute Gasteiger partial charge is 0.394 e. The Kier molecular flexibility index (Phi) is 8.90. The third-order valence-corrected chi connectivity index (χ3v) is 9.59. The first-order valence-electron chi connectivity index (χ1n) is 12.9. The summed E-state index contributed by atoms with van der Waals surface area (Å²) in [7, 11) is -1.81. The van der Waals surface area contributed by atoms with Crippen LogP contribution in [0, 0.1) is 11.6 Å². The van der Waals surface area contributed by atoms with E-state index in [1.165, 1.54) is 40.7 Å². The topological polar surface area (TPSA) is 153 Å². The SMILES string of the molecule is CO[C@@H]1[C@@H](n2cc(-c3ccc(Br)c(F)c3F)nn2)[C@@H](O)[C@@H](CO)O[C@@H]1Cc1cc(C2CCN(S(C)(=O)=O)CC2)on1. The summed E-state index contributed by atoms with van der Waals surface area (Å²) < 4.78 is 72.4. The number of benzene rings is 1. The number of aromatic nitrogens is 4. The third-order valence-electron chi connectivity index (χ3n) is 7.68. The van der Waals surface area contributed by atoms with E-state index in [1.807, 2.05) is 0 Å². The van der Waals surface area contributed by atoms with E-state index in [0.29, 0.717) is 37.4 Å². The summed E-state index contributed by atoms with van der Waals surface area (Å²) in [6, 6.07) is 3.61. The van der Waals surface area contributed by atoms with Gasteiger partial charge in [0, 0.05) is 44.2 Å². The van der Waals surface area contributed by atoms with E-state index in [9.17, 15) is 27.4 Å². The molecule has 5 rings (SSSR count). The van der Waals surface area contributed by atoms with Gasteiger partial charge in [0.05, 0.1) is 35.3 Å². The molecule has 0 aliphatic carbocycles. The molecule has 2 N–H and O–H groups in total. The Morgan fingerprint density at radius 1 is 1.20 bits per heavy atom. The smallest absolute Gasteiger partial charge is 0.211 e. The second-order valence-electron chi connectivity index (χ2n) is 10.2. The maximum Gasteiger partial charge on any atom is 0.211 e. The molecule has 2 aromatic heterocycles. The number of nitrogens with zero attached hydrogens (tertiary/aromatic N) is 5. The highest BCUT2D eigenvalue weighted by Crippen LogP contribution is 2.36. The lowest BCUT2D eigenvalue weighted by atomic mass is 9.90. The number of halogens is 3. The van der Waals surface area contributed by atoms with Gasteiger partial charge in [-0.1, -0.05) is 10.4 Å². The molecule has 5 atom stereocenters. The Morgan fingerprint density at radius 2 is 1.93 bits per heavy atom. The molecule has 3 aromatic rings. The van der Waals surface area contributed by atoms with Gasteiger partial charge >= 0.3 is 0 Å². The van der Waals surface area contributed by atoms with Gasteiger partial charge in [0.1, 0.15) is 35.8 Å². The zero-order chi connectivity index (χ0) is 29.5. The van der Waals surface area contributed by atoms with Crippen molar-refractivity contribution in [2.45, 2.75) is 55.6 Å². The molecule has 2 aliphatic rings. The number of rotatable bonds is 8. The highest BCUT2D eigenvalue weighted by molar-refractivity contribution is 9.10. The molecule has 12 nitrogen and oxygen atoms in total. The van der Waals surface area contributed by atoms with Gasteiger partial charge in [-0.15, -0.1) is 5.10 Å². The van der Waals surface area contributed by atoms with Crippen molar-refractivity contribution >= 4 is 26.0 Å². The van der Waals surface area contributed by atoms with Crippen LogP contribution in [-0.2, 0) is 25.9 Å². The average molecular weight is 663 g/mol. The summed E-state index contributed by atoms with van der Waals surface area (Å²) >= 11 is 2.95. The highest BCUT2D eigenvalue weighted by atomic mass is 79.9. The Bertz CT molecular complexity index is 1480. The number of sulfonamides is 1. The standard InChI is InChI=1S/C25H30BrF2N5O7S/c1-38-25-19(10-14-9-18(40-30-14)13-5-7-32(8-6-13)41(2,36)37)39-20(12-34)24(35)23(25)33-11-17(29-31-33)15-3-4-16(26)22(28)21(15)27/h3-4,9,11,13,19-20,23-25,34-35H,5-8,10,12H2,1-2H3/t19-,20-,23+,24+,25+/m1/s1. The van der Waals surface area contributed by atoms with Crippen molar-refractivity contribution in [2.24, 2.45) is 0 Å². The van der Waals surface area contributed by atoms with E-state index in [1.54, 1.807) is 6.07 Å². The number of aliphatic hydroxyl groups excluding tert-OH is 2. The summed E-state index contributed by atoms with van der Waals surface area (Å²) in [5, 5.41) is 33.2. The molecule has 0 bridgehead atoms. The normalized spacial score (nSPS) is 26.5. The maximum atomic E-state index is 14.6. The molecular formula is C25H30BrF2N5O7S. The lowest BCUT2D eigenvalue weighted by Gasteiger charge is -2.43. The fraction of sp³-hybridized carbons (Fsp3) is 0.560. The minimum atomic E-state index is -3.25. The first kappa shape index (κ1) is 30.1. The lowest BCUT2D eigenvalue weighted by Crippen LogP contribution is -2.57. The summed E-state index contributed by atoms with van der Waals surface area (Å²) in [6.45, 7) is 0.290. The van der Waals surface area contributed by atoms with Crippen molar-refractivity contribution in [1.82, 2.24) is 24.5 Å². The van der Waals surface area contributed by atoms with Crippen LogP contribution in [0.2, 0.25) is 0 Å². The second-order valence-corrected chi connectivity index (χ2v) is 13.1. The van der Waals surface area contributed by atoms with Crippen LogP contribution in [0.4, 0.5) is 8.78 Å². The number of hydrogen-bond donors (Lipinski definition) is 2. The van der Waals surface area contributed by atoms with Crippen LogP contribution in [-0.4, -0.2) is 101 Å². The van der Waals surface area contributed by atoms with Crippen LogP contribution in [0.25, 0.3) is 11.3 Å². The van der Waals surface area contributed by atoms with Crippen LogP contribution >= 0.6 is 15.9 Å². The predicted octanol–water partition coefficient (Wildman–Crippen LogP) is 2.03. The van der Waals surface area contributed by atoms with Gasteiger partial charge in [0.15, 0.2) is 11.6 Å². The fourth-order valence-corrected chi connectivity index (χ4v) is 6.67. The number of methoxy groups -OCH3 is 1. The van der Waals surface area contributed by atoms with Crippen molar-refractivity contribution in [3.63, 3.8) is 0 Å². The van der Waals surface area contributed by atoms with Crippen molar-refractivity contribution in [3.05, 3.63) is 52.0 Å². The van der Waals surface area contributed by atoms with E-state index in [2.05, 4.69) is 31.4 Å². The zero-order valence-electron chi connectivity index (χ0n) is 22.2. The summed E-state index contributed by atoms with van der Waals surface area (Å²) in [4.78, 5) is 0. The van der Waals surface area contributed by atoms with E-state index < -0.39 is 58.7 Å². The van der Waals surface area contributed by atoms with Gasteiger partial charge in [0.2, 0.25) is 10.0 Å². The van der Waals surface area contributed by atoms with Crippen LogP contribution in [0.3, 0.4) is 0 Å². The molecule has 16 heteroatoms. The van der Waals surface area contributed by atoms with Gasteiger partial charge < -0.3 is 24.2 Å². The predicted molar refractivity (Wildman–Crippen MR) is 143 cm³/mol.